The Morgan fingerprint density at radius 1 is 0.724 bits per heavy atom. The quantitative estimate of drug-likeness (QED) is 0.782. The lowest BCUT2D eigenvalue weighted by Gasteiger charge is -2.35. The number of hydrogen-bond acceptors (Lipinski definition) is 4. The van der Waals surface area contributed by atoms with E-state index < -0.39 is 0 Å². The molecule has 0 aliphatic carbocycles. The number of nitrogens with zero attached hydrogens (tertiary/aromatic N) is 4. The number of carbonyl (C=O) groups excluding carboxylic acids is 1. The fourth-order valence-corrected chi connectivity index (χ4v) is 4.20. The lowest BCUT2D eigenvalue weighted by atomic mass is 10.1. The molecule has 29 heavy (non-hydrogen) atoms. The molecule has 2 aliphatic rings. The van der Waals surface area contributed by atoms with Gasteiger partial charge in [-0.1, -0.05) is 42.5 Å². The standard InChI is InChI=1S/C24H32N4O/c1-25-10-16-28(17-11-25)24(29)23-9-5-8-22(18-23)20-27-14-12-26(13-15-27)19-21-6-3-2-4-7-21/h2-9,18H,10-17,19-20H2,1H3. The fourth-order valence-electron chi connectivity index (χ4n) is 4.20. The van der Waals surface area contributed by atoms with E-state index in [1.165, 1.54) is 11.1 Å². The average Bonchev–Trinajstić information content (AvgIpc) is 2.76. The van der Waals surface area contributed by atoms with Crippen LogP contribution in [0.5, 0.6) is 0 Å². The van der Waals surface area contributed by atoms with Crippen LogP contribution in [0.15, 0.2) is 54.6 Å². The normalized spacial score (nSPS) is 19.4. The number of carbonyl (C=O) groups is 1. The summed E-state index contributed by atoms with van der Waals surface area (Å²) in [4.78, 5) is 22.1. The maximum absolute atomic E-state index is 12.9. The highest BCUT2D eigenvalue weighted by Crippen LogP contribution is 2.15. The fraction of sp³-hybridized carbons (Fsp3) is 0.458. The Labute approximate surface area is 174 Å². The van der Waals surface area contributed by atoms with Crippen molar-refractivity contribution in [1.29, 1.82) is 0 Å². The van der Waals surface area contributed by atoms with Crippen molar-refractivity contribution in [3.8, 4) is 0 Å². The van der Waals surface area contributed by atoms with Gasteiger partial charge < -0.3 is 9.80 Å². The van der Waals surface area contributed by atoms with Crippen molar-refractivity contribution in [2.75, 3.05) is 59.4 Å². The molecule has 0 saturated carbocycles. The summed E-state index contributed by atoms with van der Waals surface area (Å²) in [5.74, 6) is 0.174. The smallest absolute Gasteiger partial charge is 0.253 e. The molecule has 2 aromatic carbocycles. The second kappa shape index (κ2) is 9.53. The van der Waals surface area contributed by atoms with Gasteiger partial charge in [0.1, 0.15) is 0 Å². The van der Waals surface area contributed by atoms with E-state index in [1.807, 2.05) is 17.0 Å². The Bertz CT molecular complexity index is 794. The Kier molecular flexibility index (Phi) is 6.60. The van der Waals surface area contributed by atoms with Crippen LogP contribution in [-0.4, -0.2) is 84.9 Å². The van der Waals surface area contributed by atoms with Gasteiger partial charge in [0, 0.05) is 71.0 Å². The second-order valence-corrected chi connectivity index (χ2v) is 8.33. The Morgan fingerprint density at radius 2 is 1.31 bits per heavy atom. The van der Waals surface area contributed by atoms with Crippen molar-refractivity contribution in [2.45, 2.75) is 13.1 Å². The number of amides is 1. The summed E-state index contributed by atoms with van der Waals surface area (Å²) in [6.07, 6.45) is 0. The van der Waals surface area contributed by atoms with Crippen molar-refractivity contribution in [3.63, 3.8) is 0 Å². The highest BCUT2D eigenvalue weighted by atomic mass is 16.2. The molecule has 2 heterocycles. The van der Waals surface area contributed by atoms with E-state index >= 15 is 0 Å². The summed E-state index contributed by atoms with van der Waals surface area (Å²) in [6, 6.07) is 18.9. The lowest BCUT2D eigenvalue weighted by Crippen LogP contribution is -2.47. The minimum Gasteiger partial charge on any atom is -0.336 e. The molecule has 5 heteroatoms. The van der Waals surface area contributed by atoms with Crippen molar-refractivity contribution in [1.82, 2.24) is 19.6 Å². The molecule has 0 spiro atoms. The Morgan fingerprint density at radius 3 is 1.97 bits per heavy atom. The second-order valence-electron chi connectivity index (χ2n) is 8.33. The molecule has 154 valence electrons. The third kappa shape index (κ3) is 5.44. The molecule has 4 rings (SSSR count). The molecule has 2 aromatic rings. The van der Waals surface area contributed by atoms with Crippen LogP contribution in [0.3, 0.4) is 0 Å². The zero-order valence-corrected chi connectivity index (χ0v) is 17.5. The average molecular weight is 393 g/mol. The molecular formula is C24H32N4O. The zero-order valence-electron chi connectivity index (χ0n) is 17.5. The van der Waals surface area contributed by atoms with Gasteiger partial charge in [0.2, 0.25) is 0 Å². The molecule has 2 fully saturated rings. The summed E-state index contributed by atoms with van der Waals surface area (Å²) in [6.45, 7) is 9.84. The number of hydrogen-bond donors (Lipinski definition) is 0. The first-order chi connectivity index (χ1) is 14.2. The molecule has 0 unspecified atom stereocenters. The van der Waals surface area contributed by atoms with E-state index in [0.29, 0.717) is 0 Å². The molecule has 2 saturated heterocycles. The van der Waals surface area contributed by atoms with Crippen molar-refractivity contribution >= 4 is 5.91 Å². The molecule has 0 radical (unpaired) electrons. The van der Waals surface area contributed by atoms with E-state index in [4.69, 9.17) is 0 Å². The predicted molar refractivity (Wildman–Crippen MR) is 117 cm³/mol. The van der Waals surface area contributed by atoms with Gasteiger partial charge in [0.25, 0.3) is 5.91 Å². The predicted octanol–water partition coefficient (Wildman–Crippen LogP) is 2.39. The number of rotatable bonds is 5. The Hall–Kier alpha value is -2.21. The van der Waals surface area contributed by atoms with E-state index in [0.717, 1.165) is 71.0 Å². The van der Waals surface area contributed by atoms with E-state index in [9.17, 15) is 4.79 Å². The SMILES string of the molecule is CN1CCN(C(=O)c2cccc(CN3CCN(Cc4ccccc4)CC3)c2)CC1. The first-order valence-electron chi connectivity index (χ1n) is 10.7. The summed E-state index contributed by atoms with van der Waals surface area (Å²) < 4.78 is 0. The van der Waals surface area contributed by atoms with Gasteiger partial charge in [-0.05, 0) is 30.3 Å². The van der Waals surface area contributed by atoms with Crippen molar-refractivity contribution in [3.05, 3.63) is 71.3 Å². The number of benzene rings is 2. The largest absolute Gasteiger partial charge is 0.336 e. The van der Waals surface area contributed by atoms with Gasteiger partial charge in [0.15, 0.2) is 0 Å². The first-order valence-corrected chi connectivity index (χ1v) is 10.7. The van der Waals surface area contributed by atoms with Crippen LogP contribution < -0.4 is 0 Å². The van der Waals surface area contributed by atoms with Crippen LogP contribution in [0.2, 0.25) is 0 Å². The van der Waals surface area contributed by atoms with Crippen LogP contribution in [0.1, 0.15) is 21.5 Å². The third-order valence-corrected chi connectivity index (χ3v) is 6.08. The van der Waals surface area contributed by atoms with E-state index in [-0.39, 0.29) is 5.91 Å². The molecule has 0 bridgehead atoms. The number of piperazine rings is 2. The Balaban J connectivity index is 1.29. The van der Waals surface area contributed by atoms with Gasteiger partial charge in [-0.25, -0.2) is 0 Å². The molecule has 5 nitrogen and oxygen atoms in total. The van der Waals surface area contributed by atoms with Crippen molar-refractivity contribution in [2.24, 2.45) is 0 Å². The van der Waals surface area contributed by atoms with E-state index in [2.05, 4.69) is 64.2 Å². The summed E-state index contributed by atoms with van der Waals surface area (Å²) in [5, 5.41) is 0. The summed E-state index contributed by atoms with van der Waals surface area (Å²) in [7, 11) is 2.11. The first kappa shape index (κ1) is 20.1. The summed E-state index contributed by atoms with van der Waals surface area (Å²) >= 11 is 0. The van der Waals surface area contributed by atoms with Gasteiger partial charge >= 0.3 is 0 Å². The molecule has 2 aliphatic heterocycles. The van der Waals surface area contributed by atoms with Gasteiger partial charge in [-0.3, -0.25) is 14.6 Å². The third-order valence-electron chi connectivity index (χ3n) is 6.08. The summed E-state index contributed by atoms with van der Waals surface area (Å²) in [5.41, 5.74) is 3.45. The molecule has 0 atom stereocenters. The minimum absolute atomic E-state index is 0.174. The highest BCUT2D eigenvalue weighted by molar-refractivity contribution is 5.94. The van der Waals surface area contributed by atoms with Crippen LogP contribution in [0.25, 0.3) is 0 Å². The minimum atomic E-state index is 0.174. The maximum Gasteiger partial charge on any atom is 0.253 e. The number of likely N-dealkylation sites (N-methyl/N-ethyl adjacent to an activating group) is 1. The topological polar surface area (TPSA) is 30.0 Å². The lowest BCUT2D eigenvalue weighted by molar-refractivity contribution is 0.0664. The van der Waals surface area contributed by atoms with Crippen LogP contribution in [0.4, 0.5) is 0 Å². The monoisotopic (exact) mass is 392 g/mol. The molecule has 0 aromatic heterocycles. The molecule has 1 amide bonds. The maximum atomic E-state index is 12.9. The van der Waals surface area contributed by atoms with E-state index in [1.54, 1.807) is 0 Å². The van der Waals surface area contributed by atoms with Gasteiger partial charge in [0.05, 0.1) is 0 Å². The molecule has 0 N–H and O–H groups in total. The zero-order chi connectivity index (χ0) is 20.1. The molecular weight excluding hydrogens is 360 g/mol. The van der Waals surface area contributed by atoms with Crippen LogP contribution in [-0.2, 0) is 13.1 Å². The van der Waals surface area contributed by atoms with Crippen LogP contribution in [0, 0.1) is 0 Å². The van der Waals surface area contributed by atoms with Gasteiger partial charge in [-0.15, -0.1) is 0 Å². The van der Waals surface area contributed by atoms with Crippen LogP contribution >= 0.6 is 0 Å². The highest BCUT2D eigenvalue weighted by Gasteiger charge is 2.21. The van der Waals surface area contributed by atoms with Crippen molar-refractivity contribution < 1.29 is 4.79 Å². The van der Waals surface area contributed by atoms with Gasteiger partial charge in [-0.2, -0.15) is 0 Å².